The Morgan fingerprint density at radius 2 is 2.06 bits per heavy atom. The highest BCUT2D eigenvalue weighted by Gasteiger charge is 2.50. The molecule has 0 fully saturated rings. The molecule has 0 saturated heterocycles. The van der Waals surface area contributed by atoms with E-state index in [-0.39, 0.29) is 30.5 Å². The summed E-state index contributed by atoms with van der Waals surface area (Å²) in [6.07, 6.45) is 1.61. The molecule has 0 saturated carbocycles. The molecule has 1 aromatic carbocycles. The van der Waals surface area contributed by atoms with Crippen molar-refractivity contribution < 1.29 is 27.8 Å². The Hall–Kier alpha value is -2.75. The monoisotopic (exact) mass is 523 g/mol. The van der Waals surface area contributed by atoms with Crippen LogP contribution in [-0.4, -0.2) is 36.4 Å². The molecule has 0 bridgehead atoms. The number of alkyl carbamates (subject to hydrolysis) is 1. The van der Waals surface area contributed by atoms with E-state index < -0.39 is 28.9 Å². The van der Waals surface area contributed by atoms with Crippen molar-refractivity contribution in [2.45, 2.75) is 44.8 Å². The molecule has 2 aromatic rings. The molecule has 0 radical (unpaired) electrons. The van der Waals surface area contributed by atoms with Gasteiger partial charge in [0, 0.05) is 40.2 Å². The fourth-order valence-corrected chi connectivity index (χ4v) is 4.85. The number of nitrogens with one attached hydrogen (secondary N) is 1. The first-order valence-electron chi connectivity index (χ1n) is 10.4. The highest BCUT2D eigenvalue weighted by Crippen LogP contribution is 2.49. The molecule has 1 aliphatic heterocycles. The van der Waals surface area contributed by atoms with Gasteiger partial charge in [-0.3, -0.25) is 0 Å². The van der Waals surface area contributed by atoms with Gasteiger partial charge >= 0.3 is 6.09 Å². The maximum Gasteiger partial charge on any atom is 0.415 e. The van der Waals surface area contributed by atoms with E-state index in [0.717, 1.165) is 21.7 Å². The predicted octanol–water partition coefficient (Wildman–Crippen LogP) is 4.65. The number of rotatable bonds is 2. The molecular formula is C23H24BrF2N3O4. The Bertz CT molecular complexity index is 1140. The zero-order valence-electron chi connectivity index (χ0n) is 18.7. The number of methoxy groups -OCH3 is 1. The molecule has 176 valence electrons. The summed E-state index contributed by atoms with van der Waals surface area (Å²) in [5.41, 5.74) is 0.0238. The molecule has 2 heterocycles. The number of fused-ring (bicyclic) bond motifs is 2. The van der Waals surface area contributed by atoms with Crippen LogP contribution in [0.3, 0.4) is 0 Å². The van der Waals surface area contributed by atoms with E-state index in [9.17, 15) is 9.18 Å². The van der Waals surface area contributed by atoms with Crippen LogP contribution in [0, 0.1) is 17.6 Å². The number of amides is 1. The van der Waals surface area contributed by atoms with Crippen LogP contribution in [-0.2, 0) is 27.9 Å². The molecule has 7 nitrogen and oxygen atoms in total. The van der Waals surface area contributed by atoms with Crippen molar-refractivity contribution in [2.75, 3.05) is 13.7 Å². The van der Waals surface area contributed by atoms with Gasteiger partial charge in [-0.25, -0.2) is 28.9 Å². The number of pyridine rings is 1. The third-order valence-corrected chi connectivity index (χ3v) is 6.38. The van der Waals surface area contributed by atoms with Crippen molar-refractivity contribution in [3.63, 3.8) is 0 Å². The van der Waals surface area contributed by atoms with Crippen LogP contribution in [0.15, 0.2) is 33.9 Å². The van der Waals surface area contributed by atoms with E-state index in [4.69, 9.17) is 19.2 Å². The number of hydrogen-bond donors (Lipinski definition) is 1. The normalized spacial score (nSPS) is 21.8. The summed E-state index contributed by atoms with van der Waals surface area (Å²) in [5.74, 6) is -1.31. The Balaban J connectivity index is 1.84. The van der Waals surface area contributed by atoms with E-state index >= 15 is 4.39 Å². The number of benzene rings is 1. The number of carbonyl (C=O) groups is 1. The second kappa shape index (κ2) is 8.55. The summed E-state index contributed by atoms with van der Waals surface area (Å²) in [6, 6.07) is 3.33. The number of halogens is 3. The molecule has 2 aliphatic rings. The summed E-state index contributed by atoms with van der Waals surface area (Å²) in [5, 5.41) is 2.51. The molecular weight excluding hydrogens is 500 g/mol. The minimum Gasteiger partial charge on any atom is -0.481 e. The minimum atomic E-state index is -1.18. The van der Waals surface area contributed by atoms with Crippen molar-refractivity contribution in [2.24, 2.45) is 10.9 Å². The second-order valence-electron chi connectivity index (χ2n) is 9.05. The molecule has 0 unspecified atom stereocenters. The number of aliphatic imine (C=N–C) groups is 1. The van der Waals surface area contributed by atoms with Gasteiger partial charge in [0.1, 0.15) is 22.8 Å². The average Bonchev–Trinajstić information content (AvgIpc) is 2.71. The van der Waals surface area contributed by atoms with Gasteiger partial charge in [0.2, 0.25) is 5.88 Å². The molecule has 4 rings (SSSR count). The average molecular weight is 524 g/mol. The number of hydrogen-bond acceptors (Lipinski definition) is 6. The Morgan fingerprint density at radius 1 is 1.30 bits per heavy atom. The van der Waals surface area contributed by atoms with Crippen LogP contribution < -0.4 is 10.1 Å². The third-order valence-electron chi connectivity index (χ3n) is 5.70. The van der Waals surface area contributed by atoms with Gasteiger partial charge in [-0.2, -0.15) is 0 Å². The number of aromatic nitrogens is 1. The summed E-state index contributed by atoms with van der Waals surface area (Å²) in [7, 11) is 1.51. The predicted molar refractivity (Wildman–Crippen MR) is 120 cm³/mol. The van der Waals surface area contributed by atoms with Gasteiger partial charge in [0.15, 0.2) is 0 Å². The van der Waals surface area contributed by atoms with Crippen LogP contribution in [0.1, 0.15) is 37.5 Å². The van der Waals surface area contributed by atoms with E-state index in [1.807, 2.05) is 0 Å². The van der Waals surface area contributed by atoms with Crippen molar-refractivity contribution >= 4 is 28.0 Å². The van der Waals surface area contributed by atoms with Gasteiger partial charge in [0.25, 0.3) is 6.02 Å². The zero-order chi connectivity index (χ0) is 24.0. The van der Waals surface area contributed by atoms with E-state index in [1.54, 1.807) is 27.0 Å². The van der Waals surface area contributed by atoms with Gasteiger partial charge in [-0.15, -0.1) is 0 Å². The van der Waals surface area contributed by atoms with E-state index in [0.29, 0.717) is 12.3 Å². The zero-order valence-corrected chi connectivity index (χ0v) is 20.3. The van der Waals surface area contributed by atoms with Crippen molar-refractivity contribution in [1.29, 1.82) is 0 Å². The number of amidine groups is 1. The largest absolute Gasteiger partial charge is 0.481 e. The Morgan fingerprint density at radius 3 is 2.73 bits per heavy atom. The first-order chi connectivity index (χ1) is 15.5. The van der Waals surface area contributed by atoms with Crippen LogP contribution in [0.5, 0.6) is 5.88 Å². The van der Waals surface area contributed by atoms with Crippen molar-refractivity contribution in [3.8, 4) is 5.88 Å². The van der Waals surface area contributed by atoms with Gasteiger partial charge in [0.05, 0.1) is 13.7 Å². The maximum atomic E-state index is 15.1. The third kappa shape index (κ3) is 4.53. The Labute approximate surface area is 198 Å². The van der Waals surface area contributed by atoms with Crippen LogP contribution >= 0.6 is 15.9 Å². The first-order valence-corrected chi connectivity index (χ1v) is 11.2. The summed E-state index contributed by atoms with van der Waals surface area (Å²) < 4.78 is 46.2. The highest BCUT2D eigenvalue weighted by atomic mass is 79.9. The number of nitrogens with zero attached hydrogens (tertiary/aromatic N) is 2. The second-order valence-corrected chi connectivity index (χ2v) is 9.91. The van der Waals surface area contributed by atoms with Gasteiger partial charge < -0.3 is 14.2 Å². The van der Waals surface area contributed by atoms with E-state index in [1.165, 1.54) is 19.2 Å². The fourth-order valence-electron chi connectivity index (χ4n) is 4.34. The smallest absolute Gasteiger partial charge is 0.415 e. The lowest BCUT2D eigenvalue weighted by atomic mass is 9.67. The van der Waals surface area contributed by atoms with Crippen LogP contribution in [0.25, 0.3) is 0 Å². The van der Waals surface area contributed by atoms with Gasteiger partial charge in [-0.1, -0.05) is 6.07 Å². The summed E-state index contributed by atoms with van der Waals surface area (Å²) in [4.78, 5) is 21.3. The lowest BCUT2D eigenvalue weighted by Crippen LogP contribution is -2.51. The topological polar surface area (TPSA) is 82.0 Å². The van der Waals surface area contributed by atoms with Crippen LogP contribution in [0.4, 0.5) is 13.6 Å². The Kier molecular flexibility index (Phi) is 6.07. The molecule has 0 spiro atoms. The number of ether oxygens (including phenoxy) is 3. The molecule has 1 N–H and O–H groups in total. The highest BCUT2D eigenvalue weighted by molar-refractivity contribution is 9.10. The lowest BCUT2D eigenvalue weighted by Gasteiger charge is -2.45. The standard InChI is InChI=1S/C23H24BrF2N3O4/c1-22(2,3)33-21(30)28-20-29-23(16-6-5-13(25)8-18(16)26)9-15-14(7-12(23)11-32-20)17(24)10-27-19(15)31-4/h5-6,8,10,12H,7,9,11H2,1-4H3,(H,28,29,30)/t12-,23-/m0/s1. The SMILES string of the molecule is COc1ncc(Br)c2c1C[C@]1(c3ccc(F)cc3F)N=C(NC(=O)OC(C)(C)C)OC[C@@H]1C2. The van der Waals surface area contributed by atoms with Gasteiger partial charge in [-0.05, 0) is 54.8 Å². The minimum absolute atomic E-state index is 0.0883. The molecule has 10 heteroatoms. The van der Waals surface area contributed by atoms with Crippen molar-refractivity contribution in [3.05, 3.63) is 57.2 Å². The van der Waals surface area contributed by atoms with E-state index in [2.05, 4.69) is 26.2 Å². The molecule has 1 aromatic heterocycles. The molecule has 1 amide bonds. The summed E-state index contributed by atoms with van der Waals surface area (Å²) in [6.45, 7) is 5.35. The molecule has 33 heavy (non-hydrogen) atoms. The quantitative estimate of drug-likeness (QED) is 0.619. The maximum absolute atomic E-state index is 15.1. The fraction of sp³-hybridized carbons (Fsp3) is 0.435. The van der Waals surface area contributed by atoms with Crippen molar-refractivity contribution in [1.82, 2.24) is 10.3 Å². The summed E-state index contributed by atoms with van der Waals surface area (Å²) >= 11 is 3.54. The number of carbonyl (C=O) groups excluding carboxylic acids is 1. The molecule has 2 atom stereocenters. The lowest BCUT2D eigenvalue weighted by molar-refractivity contribution is 0.0520. The first kappa shape index (κ1) is 23.4. The van der Waals surface area contributed by atoms with Crippen LogP contribution in [0.2, 0.25) is 0 Å². The molecule has 1 aliphatic carbocycles.